The van der Waals surface area contributed by atoms with Crippen LogP contribution in [0, 0.1) is 5.82 Å². The highest BCUT2D eigenvalue weighted by molar-refractivity contribution is 7.93. The molecule has 0 saturated carbocycles. The molecule has 1 aliphatic rings. The van der Waals surface area contributed by atoms with E-state index < -0.39 is 33.9 Å². The number of carbonyl (C=O) groups excluding carboxylic acids is 2. The molecule has 1 amide bonds. The van der Waals surface area contributed by atoms with Crippen LogP contribution in [0.3, 0.4) is 0 Å². The van der Waals surface area contributed by atoms with Gasteiger partial charge in [-0.2, -0.15) is 0 Å². The van der Waals surface area contributed by atoms with Gasteiger partial charge < -0.3 is 14.8 Å². The van der Waals surface area contributed by atoms with E-state index in [0.717, 1.165) is 16.4 Å². The van der Waals surface area contributed by atoms with E-state index in [1.165, 1.54) is 37.3 Å². The maximum absolute atomic E-state index is 13.7. The smallest absolute Gasteiger partial charge is 0.434 e. The Bertz CT molecular complexity index is 1020. The summed E-state index contributed by atoms with van der Waals surface area (Å²) in [6.45, 7) is 3.16. The minimum atomic E-state index is -4.20. The largest absolute Gasteiger partial charge is 0.513 e. The van der Waals surface area contributed by atoms with Crippen LogP contribution in [0.25, 0.3) is 0 Å². The van der Waals surface area contributed by atoms with Gasteiger partial charge in [-0.25, -0.2) is 17.6 Å². The molecule has 0 unspecified atom stereocenters. The lowest BCUT2D eigenvalue weighted by molar-refractivity contribution is -0.117. The molecule has 2 aromatic carbocycles. The Labute approximate surface area is 160 Å². The number of ether oxygens (including phenoxy) is 2. The van der Waals surface area contributed by atoms with Gasteiger partial charge in [0.25, 0.3) is 10.0 Å². The summed E-state index contributed by atoms with van der Waals surface area (Å²) in [6.07, 6.45) is -0.913. The standard InChI is InChI=1S/C18H17FN2O6S/c1-3-26-18(23)27-13-5-7-14(8-6-13)28(24,25)21-11(2)17(22)20-15-9-4-12(19)10-16(15)21/h4-11H,3H2,1-2H3,(H,20,22)/t11-/m0/s1. The predicted octanol–water partition coefficient (Wildman–Crippen LogP) is 2.90. The second-order valence-corrected chi connectivity index (χ2v) is 7.70. The molecule has 3 rings (SSSR count). The zero-order valence-corrected chi connectivity index (χ0v) is 15.8. The molecule has 148 valence electrons. The fourth-order valence-corrected chi connectivity index (χ4v) is 4.35. The first-order chi connectivity index (χ1) is 13.2. The van der Waals surface area contributed by atoms with Crippen molar-refractivity contribution in [2.24, 2.45) is 0 Å². The maximum atomic E-state index is 13.7. The third-order valence-electron chi connectivity index (χ3n) is 4.03. The van der Waals surface area contributed by atoms with E-state index in [2.05, 4.69) is 10.1 Å². The van der Waals surface area contributed by atoms with Gasteiger partial charge >= 0.3 is 6.16 Å². The Hall–Kier alpha value is -3.14. The number of hydrogen-bond donors (Lipinski definition) is 1. The second kappa shape index (κ2) is 7.47. The minimum Gasteiger partial charge on any atom is -0.434 e. The summed E-state index contributed by atoms with van der Waals surface area (Å²) in [5, 5.41) is 2.55. The van der Waals surface area contributed by atoms with Gasteiger partial charge in [0.05, 0.1) is 22.9 Å². The Morgan fingerprint density at radius 2 is 1.89 bits per heavy atom. The molecular weight excluding hydrogens is 391 g/mol. The average molecular weight is 408 g/mol. The van der Waals surface area contributed by atoms with E-state index in [1.54, 1.807) is 6.92 Å². The van der Waals surface area contributed by atoms with Gasteiger partial charge in [0, 0.05) is 6.07 Å². The van der Waals surface area contributed by atoms with E-state index in [0.29, 0.717) is 0 Å². The molecule has 8 nitrogen and oxygen atoms in total. The lowest BCUT2D eigenvalue weighted by atomic mass is 10.1. The molecule has 0 fully saturated rings. The number of anilines is 2. The quantitative estimate of drug-likeness (QED) is 0.617. The summed E-state index contributed by atoms with van der Waals surface area (Å²) < 4.78 is 50.4. The van der Waals surface area contributed by atoms with Crippen molar-refractivity contribution in [3.8, 4) is 5.75 Å². The molecule has 1 heterocycles. The number of sulfonamides is 1. The van der Waals surface area contributed by atoms with Crippen molar-refractivity contribution in [2.45, 2.75) is 24.8 Å². The molecule has 2 aromatic rings. The number of carbonyl (C=O) groups is 2. The molecule has 0 spiro atoms. The molecule has 0 radical (unpaired) electrons. The van der Waals surface area contributed by atoms with Gasteiger partial charge in [-0.3, -0.25) is 9.10 Å². The Kier molecular flexibility index (Phi) is 5.23. The van der Waals surface area contributed by atoms with Gasteiger partial charge in [0.1, 0.15) is 17.6 Å². The predicted molar refractivity (Wildman–Crippen MR) is 98.2 cm³/mol. The van der Waals surface area contributed by atoms with Gasteiger partial charge in [-0.1, -0.05) is 0 Å². The first-order valence-corrected chi connectivity index (χ1v) is 9.77. The van der Waals surface area contributed by atoms with Crippen LogP contribution in [0.5, 0.6) is 5.75 Å². The maximum Gasteiger partial charge on any atom is 0.513 e. The molecule has 1 N–H and O–H groups in total. The SMILES string of the molecule is CCOC(=O)Oc1ccc(S(=O)(=O)N2c3cc(F)ccc3NC(=O)[C@@H]2C)cc1. The number of halogens is 1. The summed E-state index contributed by atoms with van der Waals surface area (Å²) in [7, 11) is -4.20. The van der Waals surface area contributed by atoms with Crippen LogP contribution in [0.15, 0.2) is 47.4 Å². The molecule has 0 bridgehead atoms. The molecule has 1 atom stereocenters. The zero-order valence-electron chi connectivity index (χ0n) is 15.0. The Balaban J connectivity index is 1.97. The summed E-state index contributed by atoms with van der Waals surface area (Å²) in [5.41, 5.74) is 0.217. The van der Waals surface area contributed by atoms with Crippen molar-refractivity contribution in [1.29, 1.82) is 0 Å². The molecule has 1 aliphatic heterocycles. The normalized spacial score (nSPS) is 16.2. The lowest BCUT2D eigenvalue weighted by Crippen LogP contribution is -2.49. The average Bonchev–Trinajstić information content (AvgIpc) is 2.63. The van der Waals surface area contributed by atoms with Gasteiger partial charge in [0.15, 0.2) is 0 Å². The number of nitrogens with one attached hydrogen (secondary N) is 1. The molecule has 0 saturated heterocycles. The highest BCUT2D eigenvalue weighted by Crippen LogP contribution is 2.37. The van der Waals surface area contributed by atoms with Crippen LogP contribution in [0.2, 0.25) is 0 Å². The minimum absolute atomic E-state index is 0.0268. The zero-order chi connectivity index (χ0) is 20.5. The highest BCUT2D eigenvalue weighted by Gasteiger charge is 2.38. The van der Waals surface area contributed by atoms with E-state index in [-0.39, 0.29) is 28.6 Å². The summed E-state index contributed by atoms with van der Waals surface area (Å²) in [5.74, 6) is -1.08. The number of nitrogens with zero attached hydrogens (tertiary/aromatic N) is 1. The molecule has 0 aliphatic carbocycles. The van der Waals surface area contributed by atoms with Gasteiger partial charge in [0.2, 0.25) is 5.91 Å². The number of rotatable bonds is 4. The first kappa shape index (κ1) is 19.6. The van der Waals surface area contributed by atoms with Crippen LogP contribution in [-0.2, 0) is 19.6 Å². The van der Waals surface area contributed by atoms with Crippen molar-refractivity contribution in [3.63, 3.8) is 0 Å². The third kappa shape index (κ3) is 3.63. The topological polar surface area (TPSA) is 102 Å². The van der Waals surface area contributed by atoms with Crippen LogP contribution < -0.4 is 14.4 Å². The molecule has 0 aromatic heterocycles. The number of benzene rings is 2. The fraction of sp³-hybridized carbons (Fsp3) is 0.222. The summed E-state index contributed by atoms with van der Waals surface area (Å²) in [4.78, 5) is 23.4. The molecular formula is C18H17FN2O6S. The van der Waals surface area contributed by atoms with Crippen LogP contribution in [0.4, 0.5) is 20.6 Å². The van der Waals surface area contributed by atoms with E-state index in [1.807, 2.05) is 0 Å². The monoisotopic (exact) mass is 408 g/mol. The van der Waals surface area contributed by atoms with Crippen molar-refractivity contribution in [2.75, 3.05) is 16.2 Å². The van der Waals surface area contributed by atoms with Crippen LogP contribution >= 0.6 is 0 Å². The molecule has 28 heavy (non-hydrogen) atoms. The van der Waals surface area contributed by atoms with Crippen molar-refractivity contribution in [1.82, 2.24) is 0 Å². The second-order valence-electron chi connectivity index (χ2n) is 5.88. The number of amides is 1. The lowest BCUT2D eigenvalue weighted by Gasteiger charge is -2.35. The number of fused-ring (bicyclic) bond motifs is 1. The molecule has 10 heteroatoms. The summed E-state index contributed by atoms with van der Waals surface area (Å²) in [6, 6.07) is 7.39. The third-order valence-corrected chi connectivity index (χ3v) is 5.93. The van der Waals surface area contributed by atoms with Crippen LogP contribution in [-0.4, -0.2) is 33.1 Å². The van der Waals surface area contributed by atoms with Crippen molar-refractivity contribution < 1.29 is 31.9 Å². The van der Waals surface area contributed by atoms with E-state index in [9.17, 15) is 22.4 Å². The fourth-order valence-electron chi connectivity index (χ4n) is 2.72. The summed E-state index contributed by atoms with van der Waals surface area (Å²) >= 11 is 0. The van der Waals surface area contributed by atoms with Crippen LogP contribution in [0.1, 0.15) is 13.8 Å². The number of hydrogen-bond acceptors (Lipinski definition) is 6. The van der Waals surface area contributed by atoms with E-state index >= 15 is 0 Å². The van der Waals surface area contributed by atoms with Crippen molar-refractivity contribution >= 4 is 33.5 Å². The van der Waals surface area contributed by atoms with E-state index in [4.69, 9.17) is 4.74 Å². The van der Waals surface area contributed by atoms with Gasteiger partial charge in [-0.05, 0) is 50.2 Å². The first-order valence-electron chi connectivity index (χ1n) is 8.33. The highest BCUT2D eigenvalue weighted by atomic mass is 32.2. The van der Waals surface area contributed by atoms with Gasteiger partial charge in [-0.15, -0.1) is 0 Å². The Morgan fingerprint density at radius 1 is 1.21 bits per heavy atom. The van der Waals surface area contributed by atoms with Crippen molar-refractivity contribution in [3.05, 3.63) is 48.3 Å². The Morgan fingerprint density at radius 3 is 2.54 bits per heavy atom.